The van der Waals surface area contributed by atoms with Gasteiger partial charge in [-0.2, -0.15) is 0 Å². The van der Waals surface area contributed by atoms with Crippen LogP contribution < -0.4 is 0 Å². The van der Waals surface area contributed by atoms with Crippen molar-refractivity contribution in [2.75, 3.05) is 6.61 Å². The molecular weight excluding hydrogens is 340 g/mol. The van der Waals surface area contributed by atoms with E-state index in [1.807, 2.05) is 31.2 Å². The van der Waals surface area contributed by atoms with Crippen molar-refractivity contribution in [3.05, 3.63) is 70.8 Å². The number of benzene rings is 2. The summed E-state index contributed by atoms with van der Waals surface area (Å²) in [5.74, 6) is -0.766. The Morgan fingerprint density at radius 2 is 1.44 bits per heavy atom. The first-order valence-electron chi connectivity index (χ1n) is 9.60. The van der Waals surface area contributed by atoms with Crippen LogP contribution in [0.25, 0.3) is 0 Å². The minimum atomic E-state index is -0.410. The van der Waals surface area contributed by atoms with E-state index >= 15 is 0 Å². The normalized spacial score (nSPS) is 10.4. The van der Waals surface area contributed by atoms with Crippen LogP contribution in [0.2, 0.25) is 0 Å². The molecule has 0 fully saturated rings. The Hall–Kier alpha value is -2.62. The molecule has 0 amide bonds. The lowest BCUT2D eigenvalue weighted by atomic mass is 10.1. The maximum absolute atomic E-state index is 12.1. The van der Waals surface area contributed by atoms with E-state index in [0.29, 0.717) is 17.7 Å². The number of carbonyl (C=O) groups is 2. The second-order valence-corrected chi connectivity index (χ2v) is 6.69. The van der Waals surface area contributed by atoms with Crippen molar-refractivity contribution in [1.82, 2.24) is 0 Å². The molecule has 0 aromatic heterocycles. The van der Waals surface area contributed by atoms with E-state index in [2.05, 4.69) is 6.92 Å². The third-order valence-electron chi connectivity index (χ3n) is 4.29. The maximum atomic E-state index is 12.1. The molecule has 0 radical (unpaired) electrons. The molecule has 0 aliphatic carbocycles. The summed E-state index contributed by atoms with van der Waals surface area (Å²) in [4.78, 5) is 24.2. The molecule has 0 aliphatic rings. The average Bonchev–Trinajstić information content (AvgIpc) is 2.69. The minimum absolute atomic E-state index is 0.225. The highest BCUT2D eigenvalue weighted by atomic mass is 16.5. The molecule has 2 aromatic carbocycles. The molecule has 0 unspecified atom stereocenters. The van der Waals surface area contributed by atoms with Crippen LogP contribution >= 0.6 is 0 Å². The number of rotatable bonds is 10. The van der Waals surface area contributed by atoms with Crippen molar-refractivity contribution in [1.29, 1.82) is 0 Å². The second kappa shape index (κ2) is 11.2. The Kier molecular flexibility index (Phi) is 8.56. The van der Waals surface area contributed by atoms with Crippen LogP contribution in [-0.2, 0) is 16.1 Å². The highest BCUT2D eigenvalue weighted by Crippen LogP contribution is 2.11. The maximum Gasteiger partial charge on any atom is 0.338 e. The van der Waals surface area contributed by atoms with Gasteiger partial charge in [0.1, 0.15) is 6.61 Å². The number of ether oxygens (including phenoxy) is 2. The number of aryl methyl sites for hydroxylation is 1. The van der Waals surface area contributed by atoms with Crippen LogP contribution in [0, 0.1) is 6.92 Å². The second-order valence-electron chi connectivity index (χ2n) is 6.69. The first kappa shape index (κ1) is 20.7. The van der Waals surface area contributed by atoms with Gasteiger partial charge < -0.3 is 9.47 Å². The van der Waals surface area contributed by atoms with Gasteiger partial charge in [0.2, 0.25) is 0 Å². The van der Waals surface area contributed by atoms with Gasteiger partial charge in [0.25, 0.3) is 0 Å². The molecule has 0 saturated heterocycles. The van der Waals surface area contributed by atoms with Crippen LogP contribution in [0.5, 0.6) is 0 Å². The predicted molar refractivity (Wildman–Crippen MR) is 106 cm³/mol. The van der Waals surface area contributed by atoms with Gasteiger partial charge in [0, 0.05) is 0 Å². The van der Waals surface area contributed by atoms with Crippen LogP contribution in [0.4, 0.5) is 0 Å². The fourth-order valence-corrected chi connectivity index (χ4v) is 2.73. The lowest BCUT2D eigenvalue weighted by molar-refractivity contribution is 0.0466. The molecule has 0 saturated carbocycles. The van der Waals surface area contributed by atoms with Gasteiger partial charge in [-0.15, -0.1) is 0 Å². The van der Waals surface area contributed by atoms with Gasteiger partial charge in [-0.05, 0) is 43.2 Å². The fraction of sp³-hybridized carbons (Fsp3) is 0.391. The van der Waals surface area contributed by atoms with Crippen LogP contribution in [0.1, 0.15) is 70.9 Å². The lowest BCUT2D eigenvalue weighted by Crippen LogP contribution is -2.08. The summed E-state index contributed by atoms with van der Waals surface area (Å²) in [6, 6.07) is 14.2. The zero-order valence-electron chi connectivity index (χ0n) is 16.2. The van der Waals surface area contributed by atoms with E-state index < -0.39 is 5.97 Å². The molecule has 4 heteroatoms. The molecule has 0 N–H and O–H groups in total. The largest absolute Gasteiger partial charge is 0.462 e. The zero-order valence-corrected chi connectivity index (χ0v) is 16.2. The Morgan fingerprint density at radius 1 is 0.815 bits per heavy atom. The summed E-state index contributed by atoms with van der Waals surface area (Å²) in [5, 5.41) is 0. The summed E-state index contributed by atoms with van der Waals surface area (Å²) < 4.78 is 10.6. The van der Waals surface area contributed by atoms with Crippen LogP contribution in [-0.4, -0.2) is 18.5 Å². The molecule has 0 heterocycles. The van der Waals surface area contributed by atoms with E-state index in [9.17, 15) is 9.59 Å². The van der Waals surface area contributed by atoms with Crippen molar-refractivity contribution < 1.29 is 19.1 Å². The number of unbranched alkanes of at least 4 members (excludes halogenated alkanes) is 4. The topological polar surface area (TPSA) is 52.6 Å². The third kappa shape index (κ3) is 7.26. The standard InChI is InChI=1S/C23H28O4/c1-3-4-5-6-7-15-26-22(24)20-11-13-21(14-12-20)23(25)27-17-19-10-8-9-18(2)16-19/h8-14,16H,3-7,15,17H2,1-2H3. The number of carbonyl (C=O) groups excluding carboxylic acids is 2. The van der Waals surface area contributed by atoms with Crippen molar-refractivity contribution >= 4 is 11.9 Å². The smallest absolute Gasteiger partial charge is 0.338 e. The SMILES string of the molecule is CCCCCCCOC(=O)c1ccc(C(=O)OCc2cccc(C)c2)cc1. The van der Waals surface area contributed by atoms with Crippen LogP contribution in [0.15, 0.2) is 48.5 Å². The zero-order chi connectivity index (χ0) is 19.5. The van der Waals surface area contributed by atoms with Gasteiger partial charge in [-0.25, -0.2) is 9.59 Å². The third-order valence-corrected chi connectivity index (χ3v) is 4.29. The van der Waals surface area contributed by atoms with Crippen LogP contribution in [0.3, 0.4) is 0 Å². The fourth-order valence-electron chi connectivity index (χ4n) is 2.73. The van der Waals surface area contributed by atoms with Gasteiger partial charge >= 0.3 is 11.9 Å². The van der Waals surface area contributed by atoms with Crippen molar-refractivity contribution in [3.63, 3.8) is 0 Å². The first-order valence-corrected chi connectivity index (χ1v) is 9.60. The summed E-state index contributed by atoms with van der Waals surface area (Å²) in [6.45, 7) is 4.82. The van der Waals surface area contributed by atoms with Gasteiger partial charge in [-0.1, -0.05) is 62.4 Å². The van der Waals surface area contributed by atoms with Gasteiger partial charge in [-0.3, -0.25) is 0 Å². The van der Waals surface area contributed by atoms with E-state index in [1.165, 1.54) is 19.3 Å². The van der Waals surface area contributed by atoms with Gasteiger partial charge in [0.05, 0.1) is 17.7 Å². The number of esters is 2. The van der Waals surface area contributed by atoms with Gasteiger partial charge in [0.15, 0.2) is 0 Å². The average molecular weight is 368 g/mol. The Labute approximate surface area is 161 Å². The summed E-state index contributed by atoms with van der Waals surface area (Å²) in [5.41, 5.74) is 2.93. The molecule has 0 aliphatic heterocycles. The van der Waals surface area contributed by atoms with Crippen molar-refractivity contribution in [2.24, 2.45) is 0 Å². The molecule has 4 nitrogen and oxygen atoms in total. The molecule has 144 valence electrons. The Morgan fingerprint density at radius 3 is 2.07 bits per heavy atom. The van der Waals surface area contributed by atoms with E-state index in [4.69, 9.17) is 9.47 Å². The molecule has 2 rings (SSSR count). The summed E-state index contributed by atoms with van der Waals surface area (Å²) >= 11 is 0. The van der Waals surface area contributed by atoms with Crippen molar-refractivity contribution in [3.8, 4) is 0 Å². The molecule has 0 spiro atoms. The molecule has 27 heavy (non-hydrogen) atoms. The van der Waals surface area contributed by atoms with E-state index in [1.54, 1.807) is 24.3 Å². The highest BCUT2D eigenvalue weighted by molar-refractivity contribution is 5.93. The molecule has 0 atom stereocenters. The molecular formula is C23H28O4. The predicted octanol–water partition coefficient (Wildman–Crippen LogP) is 5.48. The Bertz CT molecular complexity index is 734. The summed E-state index contributed by atoms with van der Waals surface area (Å²) in [7, 11) is 0. The van der Waals surface area contributed by atoms with E-state index in [0.717, 1.165) is 24.0 Å². The number of hydrogen-bond acceptors (Lipinski definition) is 4. The summed E-state index contributed by atoms with van der Waals surface area (Å²) in [6.07, 6.45) is 5.55. The first-order chi connectivity index (χ1) is 13.1. The molecule has 0 bridgehead atoms. The lowest BCUT2D eigenvalue weighted by Gasteiger charge is -2.07. The Balaban J connectivity index is 1.78. The monoisotopic (exact) mass is 368 g/mol. The number of hydrogen-bond donors (Lipinski definition) is 0. The highest BCUT2D eigenvalue weighted by Gasteiger charge is 2.11. The quantitative estimate of drug-likeness (QED) is 0.412. The minimum Gasteiger partial charge on any atom is -0.462 e. The van der Waals surface area contributed by atoms with E-state index in [-0.39, 0.29) is 12.6 Å². The molecule has 2 aromatic rings. The van der Waals surface area contributed by atoms with Crippen molar-refractivity contribution in [2.45, 2.75) is 52.6 Å².